The maximum absolute atomic E-state index is 11.9. The van der Waals surface area contributed by atoms with E-state index in [-0.39, 0.29) is 12.3 Å². The van der Waals surface area contributed by atoms with E-state index in [1.807, 2.05) is 6.07 Å². The first-order valence-electron chi connectivity index (χ1n) is 6.74. The zero-order chi connectivity index (χ0) is 15.2. The van der Waals surface area contributed by atoms with E-state index in [2.05, 4.69) is 5.32 Å². The van der Waals surface area contributed by atoms with Gasteiger partial charge in [-0.3, -0.25) is 4.79 Å². The minimum Gasteiger partial charge on any atom is -0.480 e. The zero-order valence-electron chi connectivity index (χ0n) is 11.4. The van der Waals surface area contributed by atoms with Gasteiger partial charge in [0.1, 0.15) is 12.1 Å². The highest BCUT2D eigenvalue weighted by Crippen LogP contribution is 2.13. The van der Waals surface area contributed by atoms with E-state index in [1.165, 1.54) is 0 Å². The van der Waals surface area contributed by atoms with Crippen LogP contribution in [0.4, 0.5) is 0 Å². The van der Waals surface area contributed by atoms with Crippen LogP contribution in [-0.4, -0.2) is 35.7 Å². The number of aliphatic carboxylic acids is 1. The van der Waals surface area contributed by atoms with Crippen LogP contribution in [0.3, 0.4) is 0 Å². The number of carboxylic acid groups (broad SMARTS) is 1. The molecule has 1 aromatic carbocycles. The maximum Gasteiger partial charge on any atom is 0.326 e. The van der Waals surface area contributed by atoms with Gasteiger partial charge in [-0.2, -0.15) is 5.26 Å². The summed E-state index contributed by atoms with van der Waals surface area (Å²) in [5.74, 6) is -1.47. The molecule has 6 nitrogen and oxygen atoms in total. The summed E-state index contributed by atoms with van der Waals surface area (Å²) in [5.41, 5.74) is 1.25. The number of carbonyl (C=O) groups is 2. The molecule has 0 aliphatic carbocycles. The van der Waals surface area contributed by atoms with Gasteiger partial charge in [0.15, 0.2) is 0 Å². The summed E-state index contributed by atoms with van der Waals surface area (Å²) in [6.07, 6.45) is 1.05. The molecule has 0 unspecified atom stereocenters. The molecule has 1 aliphatic heterocycles. The smallest absolute Gasteiger partial charge is 0.326 e. The molecule has 0 aromatic heterocycles. The van der Waals surface area contributed by atoms with Crippen LogP contribution in [0.15, 0.2) is 24.3 Å². The lowest BCUT2D eigenvalue weighted by Gasteiger charge is -2.17. The van der Waals surface area contributed by atoms with Gasteiger partial charge in [0, 0.05) is 13.0 Å². The number of amides is 1. The third-order valence-corrected chi connectivity index (χ3v) is 3.36. The van der Waals surface area contributed by atoms with Crippen LogP contribution in [-0.2, 0) is 20.7 Å². The van der Waals surface area contributed by atoms with Crippen LogP contribution >= 0.6 is 0 Å². The predicted octanol–water partition coefficient (Wildman–Crippen LogP) is 0.849. The second-order valence-corrected chi connectivity index (χ2v) is 4.91. The minimum absolute atomic E-state index is 0.166. The molecule has 1 saturated heterocycles. The summed E-state index contributed by atoms with van der Waals surface area (Å²) < 4.78 is 5.23. The lowest BCUT2D eigenvalue weighted by atomic mass is 10.0. The average molecular weight is 288 g/mol. The second kappa shape index (κ2) is 6.86. The quantitative estimate of drug-likeness (QED) is 0.836. The van der Waals surface area contributed by atoms with Crippen molar-refractivity contribution in [1.29, 1.82) is 5.26 Å². The number of ether oxygens (including phenoxy) is 1. The van der Waals surface area contributed by atoms with Gasteiger partial charge >= 0.3 is 5.97 Å². The number of nitrogens with one attached hydrogen (secondary N) is 1. The number of nitrogens with zero attached hydrogens (tertiary/aromatic N) is 1. The maximum atomic E-state index is 11.9. The molecule has 110 valence electrons. The van der Waals surface area contributed by atoms with Crippen LogP contribution in [0.25, 0.3) is 0 Å². The fourth-order valence-electron chi connectivity index (χ4n) is 2.20. The van der Waals surface area contributed by atoms with Gasteiger partial charge in [-0.1, -0.05) is 12.1 Å². The molecule has 6 heteroatoms. The van der Waals surface area contributed by atoms with Gasteiger partial charge in [0.2, 0.25) is 5.91 Å². The van der Waals surface area contributed by atoms with Crippen LogP contribution in [0, 0.1) is 11.3 Å². The lowest BCUT2D eigenvalue weighted by Crippen LogP contribution is -2.46. The van der Waals surface area contributed by atoms with Crippen molar-refractivity contribution in [2.45, 2.75) is 31.4 Å². The predicted molar refractivity (Wildman–Crippen MR) is 73.4 cm³/mol. The average Bonchev–Trinajstić information content (AvgIpc) is 3.01. The van der Waals surface area contributed by atoms with Crippen molar-refractivity contribution in [2.75, 3.05) is 6.61 Å². The zero-order valence-corrected chi connectivity index (χ0v) is 11.4. The molecule has 21 heavy (non-hydrogen) atoms. The van der Waals surface area contributed by atoms with E-state index in [1.54, 1.807) is 24.3 Å². The molecule has 2 atom stereocenters. The number of hydrogen-bond donors (Lipinski definition) is 2. The number of carbonyl (C=O) groups excluding carboxylic acids is 1. The number of rotatable bonds is 5. The molecule has 0 saturated carbocycles. The Bertz CT molecular complexity index is 556. The summed E-state index contributed by atoms with van der Waals surface area (Å²) in [5, 5.41) is 20.4. The largest absolute Gasteiger partial charge is 0.480 e. The van der Waals surface area contributed by atoms with Crippen molar-refractivity contribution in [3.05, 3.63) is 35.4 Å². The Morgan fingerprint density at radius 2 is 2.14 bits per heavy atom. The van der Waals surface area contributed by atoms with Crippen LogP contribution in [0.5, 0.6) is 0 Å². The first kappa shape index (κ1) is 15.0. The Morgan fingerprint density at radius 1 is 1.43 bits per heavy atom. The Labute approximate surface area is 122 Å². The number of carboxylic acids is 1. The molecule has 2 rings (SSSR count). The molecule has 0 radical (unpaired) electrons. The minimum atomic E-state index is -1.09. The van der Waals surface area contributed by atoms with Gasteiger partial charge in [-0.15, -0.1) is 0 Å². The van der Waals surface area contributed by atoms with Crippen molar-refractivity contribution in [2.24, 2.45) is 0 Å². The molecule has 1 amide bonds. The molecule has 1 fully saturated rings. The Hall–Kier alpha value is -2.39. The fourth-order valence-corrected chi connectivity index (χ4v) is 2.20. The highest BCUT2D eigenvalue weighted by atomic mass is 16.5. The van der Waals surface area contributed by atoms with Gasteiger partial charge in [-0.25, -0.2) is 4.79 Å². The van der Waals surface area contributed by atoms with Gasteiger partial charge in [0.05, 0.1) is 11.6 Å². The number of nitriles is 1. The van der Waals surface area contributed by atoms with Gasteiger partial charge < -0.3 is 15.2 Å². The number of benzene rings is 1. The number of hydrogen-bond acceptors (Lipinski definition) is 4. The van der Waals surface area contributed by atoms with Gasteiger partial charge in [-0.05, 0) is 30.5 Å². The molecule has 1 aromatic rings. The van der Waals surface area contributed by atoms with E-state index in [0.29, 0.717) is 18.6 Å². The van der Waals surface area contributed by atoms with Crippen LogP contribution < -0.4 is 5.32 Å². The lowest BCUT2D eigenvalue weighted by molar-refractivity contribution is -0.143. The SMILES string of the molecule is N#Cc1ccc(C[C@H](NC(=O)[C@H]2CCCO2)C(=O)O)cc1. The Morgan fingerprint density at radius 3 is 2.67 bits per heavy atom. The first-order chi connectivity index (χ1) is 10.1. The monoisotopic (exact) mass is 288 g/mol. The van der Waals surface area contributed by atoms with E-state index in [9.17, 15) is 14.7 Å². The van der Waals surface area contributed by atoms with Crippen molar-refractivity contribution < 1.29 is 19.4 Å². The molecular formula is C15H16N2O4. The molecule has 1 aliphatic rings. The third-order valence-electron chi connectivity index (χ3n) is 3.36. The summed E-state index contributed by atoms with van der Waals surface area (Å²) in [6, 6.07) is 7.61. The highest BCUT2D eigenvalue weighted by molar-refractivity contribution is 5.86. The fraction of sp³-hybridized carbons (Fsp3) is 0.400. The van der Waals surface area contributed by atoms with E-state index in [0.717, 1.165) is 12.0 Å². The Balaban J connectivity index is 1.99. The van der Waals surface area contributed by atoms with E-state index >= 15 is 0 Å². The summed E-state index contributed by atoms with van der Waals surface area (Å²) in [7, 11) is 0. The topological polar surface area (TPSA) is 99.4 Å². The summed E-state index contributed by atoms with van der Waals surface area (Å²) in [6.45, 7) is 0.533. The van der Waals surface area contributed by atoms with Crippen molar-refractivity contribution in [1.82, 2.24) is 5.32 Å². The van der Waals surface area contributed by atoms with E-state index in [4.69, 9.17) is 10.00 Å². The standard InChI is InChI=1S/C15H16N2O4/c16-9-11-5-3-10(4-6-11)8-12(15(19)20)17-14(18)13-2-1-7-21-13/h3-6,12-13H,1-2,7-8H2,(H,17,18)(H,19,20)/t12-,13+/m0/s1. The normalized spacial score (nSPS) is 18.7. The molecular weight excluding hydrogens is 272 g/mol. The summed E-state index contributed by atoms with van der Waals surface area (Å²) in [4.78, 5) is 23.2. The van der Waals surface area contributed by atoms with Crippen molar-refractivity contribution in [3.8, 4) is 6.07 Å². The first-order valence-corrected chi connectivity index (χ1v) is 6.74. The Kier molecular flexibility index (Phi) is 4.90. The van der Waals surface area contributed by atoms with E-state index < -0.39 is 18.1 Å². The van der Waals surface area contributed by atoms with Gasteiger partial charge in [0.25, 0.3) is 0 Å². The van der Waals surface area contributed by atoms with Crippen molar-refractivity contribution >= 4 is 11.9 Å². The molecule has 0 bridgehead atoms. The molecule has 0 spiro atoms. The molecule has 2 N–H and O–H groups in total. The second-order valence-electron chi connectivity index (χ2n) is 4.91. The third kappa shape index (κ3) is 4.04. The van der Waals surface area contributed by atoms with Crippen LogP contribution in [0.2, 0.25) is 0 Å². The summed E-state index contributed by atoms with van der Waals surface area (Å²) >= 11 is 0. The van der Waals surface area contributed by atoms with Crippen molar-refractivity contribution in [3.63, 3.8) is 0 Å². The van der Waals surface area contributed by atoms with Crippen LogP contribution in [0.1, 0.15) is 24.0 Å². The highest BCUT2D eigenvalue weighted by Gasteiger charge is 2.28. The molecule has 1 heterocycles.